The highest BCUT2D eigenvalue weighted by Crippen LogP contribution is 2.50. The van der Waals surface area contributed by atoms with Crippen LogP contribution in [0.2, 0.25) is 5.02 Å². The number of nitrogens with zero attached hydrogens (tertiary/aromatic N) is 1. The highest BCUT2D eigenvalue weighted by molar-refractivity contribution is 6.30. The third-order valence-electron chi connectivity index (χ3n) is 3.77. The minimum absolute atomic E-state index is 0.0727. The van der Waals surface area contributed by atoms with Gasteiger partial charge in [-0.1, -0.05) is 17.7 Å². The first-order valence-electron chi connectivity index (χ1n) is 6.55. The van der Waals surface area contributed by atoms with Crippen molar-refractivity contribution in [1.82, 2.24) is 4.90 Å². The van der Waals surface area contributed by atoms with Gasteiger partial charge in [0.25, 0.3) is 5.92 Å². The third kappa shape index (κ3) is 3.18. The lowest BCUT2D eigenvalue weighted by Crippen LogP contribution is -2.53. The number of rotatable bonds is 5. The molecule has 0 radical (unpaired) electrons. The van der Waals surface area contributed by atoms with E-state index in [1.54, 1.807) is 12.1 Å². The maximum atomic E-state index is 12.7. The number of ether oxygens (including phenoxy) is 1. The Morgan fingerprint density at radius 2 is 2.11 bits per heavy atom. The van der Waals surface area contributed by atoms with Crippen LogP contribution in [0.5, 0.6) is 5.75 Å². The molecule has 1 atom stereocenters. The molecule has 0 aromatic heterocycles. The quantitative estimate of drug-likeness (QED) is 0.822. The maximum Gasteiger partial charge on any atom is 0.251 e. The Hall–Kier alpha value is -0.870. The molecule has 1 aromatic carbocycles. The molecule has 2 fully saturated rings. The molecule has 1 saturated carbocycles. The molecule has 0 spiro atoms. The molecular weight excluding hydrogens is 272 g/mol. The van der Waals surface area contributed by atoms with Crippen molar-refractivity contribution >= 4 is 11.6 Å². The fraction of sp³-hybridized carbons (Fsp3) is 0.571. The van der Waals surface area contributed by atoms with Crippen LogP contribution < -0.4 is 4.74 Å². The molecule has 2 aliphatic rings. The minimum atomic E-state index is -2.39. The summed E-state index contributed by atoms with van der Waals surface area (Å²) < 4.78 is 31.2. The first kappa shape index (κ1) is 13.1. The second-order valence-electron chi connectivity index (χ2n) is 5.41. The summed E-state index contributed by atoms with van der Waals surface area (Å²) in [5.74, 6) is -2.01. The molecule has 1 heterocycles. The Balaban J connectivity index is 1.36. The van der Waals surface area contributed by atoms with E-state index in [0.717, 1.165) is 25.4 Å². The van der Waals surface area contributed by atoms with E-state index in [1.807, 2.05) is 12.1 Å². The van der Waals surface area contributed by atoms with Crippen molar-refractivity contribution in [2.75, 3.05) is 19.6 Å². The molecule has 0 amide bonds. The van der Waals surface area contributed by atoms with Gasteiger partial charge in [-0.05, 0) is 31.2 Å². The van der Waals surface area contributed by atoms with E-state index in [4.69, 9.17) is 16.3 Å². The Labute approximate surface area is 116 Å². The zero-order chi connectivity index (χ0) is 13.5. The first-order valence-corrected chi connectivity index (χ1v) is 6.93. The Kier molecular flexibility index (Phi) is 3.39. The number of benzene rings is 1. The average Bonchev–Trinajstić information content (AvgIpc) is 2.89. The monoisotopic (exact) mass is 287 g/mol. The highest BCUT2D eigenvalue weighted by atomic mass is 35.5. The molecule has 1 saturated heterocycles. The molecule has 1 aliphatic heterocycles. The SMILES string of the molecule is FC1(F)C[C@H]1CCN1CC(Oc2cccc(Cl)c2)C1. The van der Waals surface area contributed by atoms with Crippen LogP contribution in [0.25, 0.3) is 0 Å². The van der Waals surface area contributed by atoms with Gasteiger partial charge in [0, 0.05) is 30.5 Å². The lowest BCUT2D eigenvalue weighted by Gasteiger charge is -2.39. The Bertz CT molecular complexity index is 463. The number of halogens is 3. The second-order valence-corrected chi connectivity index (χ2v) is 5.84. The number of alkyl halides is 2. The van der Waals surface area contributed by atoms with Gasteiger partial charge in [-0.3, -0.25) is 4.90 Å². The molecule has 104 valence electrons. The summed E-state index contributed by atoms with van der Waals surface area (Å²) in [6.45, 7) is 2.37. The summed E-state index contributed by atoms with van der Waals surface area (Å²) in [5.41, 5.74) is 0. The van der Waals surface area contributed by atoms with E-state index in [1.165, 1.54) is 0 Å². The van der Waals surface area contributed by atoms with Crippen molar-refractivity contribution in [3.8, 4) is 5.75 Å². The zero-order valence-electron chi connectivity index (χ0n) is 10.5. The van der Waals surface area contributed by atoms with Gasteiger partial charge < -0.3 is 4.74 Å². The Morgan fingerprint density at radius 1 is 1.37 bits per heavy atom. The summed E-state index contributed by atoms with van der Waals surface area (Å²) in [7, 11) is 0. The topological polar surface area (TPSA) is 12.5 Å². The van der Waals surface area contributed by atoms with Crippen molar-refractivity contribution in [3.63, 3.8) is 0 Å². The first-order chi connectivity index (χ1) is 9.03. The predicted molar refractivity (Wildman–Crippen MR) is 70.0 cm³/mol. The van der Waals surface area contributed by atoms with E-state index in [9.17, 15) is 8.78 Å². The summed E-state index contributed by atoms with van der Waals surface area (Å²) in [4.78, 5) is 2.16. The molecule has 5 heteroatoms. The summed E-state index contributed by atoms with van der Waals surface area (Å²) in [6.07, 6.45) is 0.818. The van der Waals surface area contributed by atoms with Crippen LogP contribution in [0.15, 0.2) is 24.3 Å². The lowest BCUT2D eigenvalue weighted by molar-refractivity contribution is 0.0150. The smallest absolute Gasteiger partial charge is 0.251 e. The average molecular weight is 288 g/mol. The van der Waals surface area contributed by atoms with E-state index in [2.05, 4.69) is 4.90 Å². The van der Waals surface area contributed by atoms with Crippen molar-refractivity contribution < 1.29 is 13.5 Å². The summed E-state index contributed by atoms with van der Waals surface area (Å²) >= 11 is 5.87. The fourth-order valence-electron chi connectivity index (χ4n) is 2.43. The minimum Gasteiger partial charge on any atom is -0.488 e. The fourth-order valence-corrected chi connectivity index (χ4v) is 2.61. The Morgan fingerprint density at radius 3 is 2.74 bits per heavy atom. The van der Waals surface area contributed by atoms with Crippen LogP contribution in [0, 0.1) is 5.92 Å². The van der Waals surface area contributed by atoms with Gasteiger partial charge in [0.1, 0.15) is 11.9 Å². The standard InChI is InChI=1S/C14H16ClF2NO/c15-11-2-1-3-12(6-11)19-13-8-18(9-13)5-4-10-7-14(10,16)17/h1-3,6,10,13H,4-5,7-9H2/t10-/m1/s1. The van der Waals surface area contributed by atoms with Gasteiger partial charge >= 0.3 is 0 Å². The van der Waals surface area contributed by atoms with Crippen LogP contribution in [-0.2, 0) is 0 Å². The highest BCUT2D eigenvalue weighted by Gasteiger charge is 2.56. The van der Waals surface area contributed by atoms with Gasteiger partial charge in [-0.15, -0.1) is 0 Å². The van der Waals surface area contributed by atoms with E-state index in [-0.39, 0.29) is 18.4 Å². The largest absolute Gasteiger partial charge is 0.488 e. The molecule has 19 heavy (non-hydrogen) atoms. The van der Waals surface area contributed by atoms with Gasteiger partial charge in [-0.2, -0.15) is 0 Å². The molecule has 2 nitrogen and oxygen atoms in total. The number of likely N-dealkylation sites (tertiary alicyclic amines) is 1. The molecular formula is C14H16ClF2NO. The van der Waals surface area contributed by atoms with E-state index in [0.29, 0.717) is 11.4 Å². The van der Waals surface area contributed by atoms with Crippen LogP contribution >= 0.6 is 11.6 Å². The normalized spacial score (nSPS) is 25.9. The van der Waals surface area contributed by atoms with Gasteiger partial charge in [0.05, 0.1) is 0 Å². The lowest BCUT2D eigenvalue weighted by atomic mass is 10.1. The van der Waals surface area contributed by atoms with Crippen LogP contribution in [0.3, 0.4) is 0 Å². The molecule has 3 rings (SSSR count). The van der Waals surface area contributed by atoms with Crippen LogP contribution in [-0.4, -0.2) is 36.6 Å². The molecule has 0 bridgehead atoms. The molecule has 0 N–H and O–H groups in total. The van der Waals surface area contributed by atoms with Crippen LogP contribution in [0.1, 0.15) is 12.8 Å². The van der Waals surface area contributed by atoms with Gasteiger partial charge in [0.15, 0.2) is 0 Å². The number of hydrogen-bond acceptors (Lipinski definition) is 2. The van der Waals surface area contributed by atoms with Crippen molar-refractivity contribution in [2.45, 2.75) is 24.9 Å². The maximum absolute atomic E-state index is 12.7. The van der Waals surface area contributed by atoms with Crippen molar-refractivity contribution in [3.05, 3.63) is 29.3 Å². The second kappa shape index (κ2) is 4.91. The summed E-state index contributed by atoms with van der Waals surface area (Å²) in [5, 5.41) is 0.657. The van der Waals surface area contributed by atoms with Crippen molar-refractivity contribution in [2.24, 2.45) is 5.92 Å². The van der Waals surface area contributed by atoms with E-state index < -0.39 is 5.92 Å². The summed E-state index contributed by atoms with van der Waals surface area (Å²) in [6, 6.07) is 7.31. The third-order valence-corrected chi connectivity index (χ3v) is 4.01. The molecule has 0 unspecified atom stereocenters. The van der Waals surface area contributed by atoms with E-state index >= 15 is 0 Å². The van der Waals surface area contributed by atoms with Crippen LogP contribution in [0.4, 0.5) is 8.78 Å². The predicted octanol–water partition coefficient (Wildman–Crippen LogP) is 3.45. The van der Waals surface area contributed by atoms with Crippen molar-refractivity contribution in [1.29, 1.82) is 0 Å². The molecule has 1 aromatic rings. The zero-order valence-corrected chi connectivity index (χ0v) is 11.2. The molecule has 1 aliphatic carbocycles. The van der Waals surface area contributed by atoms with Gasteiger partial charge in [0.2, 0.25) is 0 Å². The number of hydrogen-bond donors (Lipinski definition) is 0. The van der Waals surface area contributed by atoms with Gasteiger partial charge in [-0.25, -0.2) is 8.78 Å².